The van der Waals surface area contributed by atoms with Crippen LogP contribution in [0.25, 0.3) is 31.8 Å². The van der Waals surface area contributed by atoms with Crippen molar-refractivity contribution in [2.24, 2.45) is 0 Å². The summed E-state index contributed by atoms with van der Waals surface area (Å²) in [4.78, 5) is 37.9. The second-order valence-electron chi connectivity index (χ2n) is 19.1. The molecule has 3 atom stereocenters. The minimum Gasteiger partial charge on any atom is -0.490 e. The van der Waals surface area contributed by atoms with Crippen molar-refractivity contribution in [3.8, 4) is 44.7 Å². The Labute approximate surface area is 437 Å². The summed E-state index contributed by atoms with van der Waals surface area (Å²) in [6, 6.07) is 13.2. The summed E-state index contributed by atoms with van der Waals surface area (Å²) in [5.41, 5.74) is 3.78. The number of fused-ring (bicyclic) bond motifs is 7. The van der Waals surface area contributed by atoms with Crippen molar-refractivity contribution in [2.75, 3.05) is 92.6 Å². The largest absolute Gasteiger partial charge is 0.490 e. The summed E-state index contributed by atoms with van der Waals surface area (Å²) < 4.78 is 63.6. The number of hydrogen-bond acceptors (Lipinski definition) is 16. The molecule has 4 aliphatic rings. The van der Waals surface area contributed by atoms with E-state index in [9.17, 15) is 14.3 Å². The number of rotatable bonds is 15. The number of ether oxygens (including phenoxy) is 8. The zero-order valence-electron chi connectivity index (χ0n) is 41.5. The van der Waals surface area contributed by atoms with Gasteiger partial charge in [0, 0.05) is 66.8 Å². The second kappa shape index (κ2) is 23.5. The Hall–Kier alpha value is -5.28. The highest BCUT2D eigenvalue weighted by Gasteiger charge is 2.33. The molecule has 4 aliphatic heterocycles. The number of carboxylic acids is 1. The Balaban J connectivity index is 1.04. The lowest BCUT2D eigenvalue weighted by atomic mass is 9.92. The fourth-order valence-corrected chi connectivity index (χ4v) is 10.7. The Morgan fingerprint density at radius 2 is 1.68 bits per heavy atom. The molecule has 10 rings (SSSR count). The Morgan fingerprint density at radius 3 is 2.42 bits per heavy atom. The van der Waals surface area contributed by atoms with E-state index >= 15 is 0 Å². The number of piperazine rings is 1. The summed E-state index contributed by atoms with van der Waals surface area (Å²) in [5.74, 6) is 0.0915. The standard InChI is InChI=1S/C53H59Cl2FN6O10S/c1-31-42-32(2)46(55)47(45(31)54)71-38(24-62-16-14-61(5)15-17-62)28-69-37-10-11-40(70-25-36-12-13-57-52(60-36)53(3,4)29-67-19-18-65-26-39-27-66-20-21-68-39)34(22-37)23-41(51(63)64)72-49-44-43(42)48(73-50(44)59-30-58-49)33-6-8-35(56)9-7-33/h6-13,22,30,38-39,41H,14-21,23-29H2,1-5H3,(H,63,64)/t38-,39+,41-/m1/s1. The van der Waals surface area contributed by atoms with Crippen LogP contribution < -0.4 is 18.9 Å². The lowest BCUT2D eigenvalue weighted by Gasteiger charge is -2.35. The Bertz CT molecular complexity index is 2870. The van der Waals surface area contributed by atoms with Crippen LogP contribution in [-0.2, 0) is 42.2 Å². The zero-order chi connectivity index (χ0) is 51.2. The SMILES string of the molecule is Cc1c(Cl)c2c(Cl)c(C)c1-c1c(-c3ccc(F)cc3)sc3ncnc(c13)O[C@@H](C(=O)O)Cc1cc(ccc1OCc1ccnc(C(C)(C)COCCOC[C@H]3COCCO3)n1)OC[C@@H](CN1CCN(C)CC1)O2. The van der Waals surface area contributed by atoms with E-state index in [1.54, 1.807) is 42.6 Å². The molecule has 73 heavy (non-hydrogen) atoms. The van der Waals surface area contributed by atoms with Gasteiger partial charge in [0.05, 0.1) is 67.4 Å². The van der Waals surface area contributed by atoms with E-state index in [2.05, 4.69) is 31.8 Å². The summed E-state index contributed by atoms with van der Waals surface area (Å²) in [7, 11) is 2.10. The summed E-state index contributed by atoms with van der Waals surface area (Å²) in [6.45, 7) is 15.1. The molecule has 3 aromatic heterocycles. The lowest BCUT2D eigenvalue weighted by molar-refractivity contribution is -0.145. The van der Waals surface area contributed by atoms with E-state index in [1.165, 1.54) is 29.8 Å². The molecule has 2 saturated heterocycles. The first kappa shape index (κ1) is 52.6. The smallest absolute Gasteiger partial charge is 0.345 e. The lowest BCUT2D eigenvalue weighted by Crippen LogP contribution is -2.49. The summed E-state index contributed by atoms with van der Waals surface area (Å²) >= 11 is 16.0. The van der Waals surface area contributed by atoms with Gasteiger partial charge in [-0.3, -0.25) is 4.90 Å². The molecule has 2 fully saturated rings. The number of nitrogens with zero attached hydrogens (tertiary/aromatic N) is 6. The van der Waals surface area contributed by atoms with Crippen molar-refractivity contribution in [1.82, 2.24) is 29.7 Å². The number of thiophene rings is 1. The summed E-state index contributed by atoms with van der Waals surface area (Å²) in [5, 5.41) is 12.0. The highest BCUT2D eigenvalue weighted by Crippen LogP contribution is 2.53. The van der Waals surface area contributed by atoms with Crippen molar-refractivity contribution in [2.45, 2.75) is 64.4 Å². The minimum atomic E-state index is -1.48. The normalized spacial score (nSPS) is 19.0. The van der Waals surface area contributed by atoms with Crippen LogP contribution in [0.15, 0.2) is 61.1 Å². The van der Waals surface area contributed by atoms with Crippen LogP contribution in [0.5, 0.6) is 23.1 Å². The number of likely N-dealkylation sites (N-methyl/N-ethyl adjacent to an activating group) is 1. The van der Waals surface area contributed by atoms with Crippen LogP contribution >= 0.6 is 34.5 Å². The van der Waals surface area contributed by atoms with Gasteiger partial charge < -0.3 is 47.9 Å². The fraction of sp³-hybridized carbons (Fsp3) is 0.453. The van der Waals surface area contributed by atoms with Crippen molar-refractivity contribution in [3.63, 3.8) is 0 Å². The number of hydrogen-bond donors (Lipinski definition) is 1. The van der Waals surface area contributed by atoms with E-state index in [0.717, 1.165) is 26.2 Å². The van der Waals surface area contributed by atoms with E-state index in [0.29, 0.717) is 140 Å². The van der Waals surface area contributed by atoms with Gasteiger partial charge in [-0.05, 0) is 79.5 Å². The van der Waals surface area contributed by atoms with Gasteiger partial charge in [0.15, 0.2) is 5.75 Å². The molecule has 0 radical (unpaired) electrons. The van der Waals surface area contributed by atoms with Crippen molar-refractivity contribution >= 4 is 50.7 Å². The second-order valence-corrected chi connectivity index (χ2v) is 20.8. The molecule has 388 valence electrons. The Kier molecular flexibility index (Phi) is 16.9. The number of aliphatic carboxylic acids is 1. The van der Waals surface area contributed by atoms with Crippen LogP contribution in [0.3, 0.4) is 0 Å². The molecule has 6 aromatic rings. The number of halogens is 3. The molecular weight excluding hydrogens is 1000 g/mol. The van der Waals surface area contributed by atoms with Crippen molar-refractivity contribution in [3.05, 3.63) is 105 Å². The van der Waals surface area contributed by atoms with Crippen LogP contribution in [-0.4, -0.2) is 152 Å². The van der Waals surface area contributed by atoms with E-state index in [-0.39, 0.29) is 31.6 Å². The van der Waals surface area contributed by atoms with E-state index in [4.69, 9.17) is 66.1 Å². The first-order chi connectivity index (χ1) is 35.2. The quantitative estimate of drug-likeness (QED) is 0.0969. The van der Waals surface area contributed by atoms with Crippen LogP contribution in [0.4, 0.5) is 4.39 Å². The number of carbonyl (C=O) groups is 1. The highest BCUT2D eigenvalue weighted by atomic mass is 35.5. The van der Waals surface area contributed by atoms with Crippen LogP contribution in [0, 0.1) is 19.7 Å². The van der Waals surface area contributed by atoms with E-state index < -0.39 is 29.4 Å². The highest BCUT2D eigenvalue weighted by molar-refractivity contribution is 7.22. The van der Waals surface area contributed by atoms with Gasteiger partial charge >= 0.3 is 5.97 Å². The predicted octanol–water partition coefficient (Wildman–Crippen LogP) is 8.65. The van der Waals surface area contributed by atoms with Gasteiger partial charge in [-0.25, -0.2) is 29.1 Å². The molecule has 3 aromatic carbocycles. The maximum absolute atomic E-state index is 14.4. The first-order valence-electron chi connectivity index (χ1n) is 24.3. The summed E-state index contributed by atoms with van der Waals surface area (Å²) in [6.07, 6.45) is 0.753. The Morgan fingerprint density at radius 1 is 0.918 bits per heavy atom. The predicted molar refractivity (Wildman–Crippen MR) is 275 cm³/mol. The maximum Gasteiger partial charge on any atom is 0.345 e. The first-order valence-corrected chi connectivity index (χ1v) is 25.8. The molecule has 0 spiro atoms. The molecular formula is C53H59Cl2FN6O10S. The molecule has 0 aliphatic carbocycles. The van der Waals surface area contributed by atoms with E-state index in [1.807, 2.05) is 27.7 Å². The zero-order valence-corrected chi connectivity index (χ0v) is 43.8. The molecule has 20 heteroatoms. The third kappa shape index (κ3) is 12.5. The molecule has 0 amide bonds. The van der Waals surface area contributed by atoms with Crippen molar-refractivity contribution < 1.29 is 52.2 Å². The third-order valence-corrected chi connectivity index (χ3v) is 15.1. The maximum atomic E-state index is 14.4. The van der Waals surface area contributed by atoms with Crippen LogP contribution in [0.2, 0.25) is 10.0 Å². The van der Waals surface area contributed by atoms with Crippen molar-refractivity contribution in [1.29, 1.82) is 0 Å². The molecule has 4 bridgehead atoms. The minimum absolute atomic E-state index is 0.0200. The molecule has 1 N–H and O–H groups in total. The molecule has 0 saturated carbocycles. The van der Waals surface area contributed by atoms with Crippen LogP contribution in [0.1, 0.15) is 42.1 Å². The van der Waals surface area contributed by atoms with Gasteiger partial charge in [-0.1, -0.05) is 49.2 Å². The number of benzene rings is 3. The third-order valence-electron chi connectivity index (χ3n) is 13.1. The monoisotopic (exact) mass is 1060 g/mol. The number of aromatic nitrogens is 4. The van der Waals surface area contributed by atoms with Gasteiger partial charge in [-0.15, -0.1) is 11.3 Å². The molecule has 16 nitrogen and oxygen atoms in total. The van der Waals surface area contributed by atoms with Gasteiger partial charge in [0.25, 0.3) is 0 Å². The molecule has 0 unspecified atom stereocenters. The average molecular weight is 1060 g/mol. The molecule has 7 heterocycles. The van der Waals surface area contributed by atoms with Gasteiger partial charge in [-0.2, -0.15) is 0 Å². The topological polar surface area (TPSA) is 169 Å². The average Bonchev–Trinajstić information content (AvgIpc) is 3.77. The number of carboxylic acid groups (broad SMARTS) is 1. The fourth-order valence-electron chi connectivity index (χ4n) is 9.02. The van der Waals surface area contributed by atoms with Gasteiger partial charge in [0.1, 0.15) is 59.7 Å². The van der Waals surface area contributed by atoms with Gasteiger partial charge in [0.2, 0.25) is 12.0 Å².